The Morgan fingerprint density at radius 3 is 2.42 bits per heavy atom. The maximum absolute atomic E-state index is 13.0. The molecular weight excluding hydrogens is 491 g/mol. The van der Waals surface area contributed by atoms with Crippen LogP contribution in [-0.4, -0.2) is 36.6 Å². The molecule has 0 spiro atoms. The first-order valence-electron chi connectivity index (χ1n) is 11.2. The normalized spacial score (nSPS) is 11.9. The van der Waals surface area contributed by atoms with Gasteiger partial charge in [0.2, 0.25) is 0 Å². The predicted octanol–water partition coefficient (Wildman–Crippen LogP) is 5.89. The maximum atomic E-state index is 13.0. The van der Waals surface area contributed by atoms with Gasteiger partial charge in [0.15, 0.2) is 9.84 Å². The molecule has 0 radical (unpaired) electrons. The Balaban J connectivity index is 1.56. The summed E-state index contributed by atoms with van der Waals surface area (Å²) < 4.78 is 68.9. The van der Waals surface area contributed by atoms with E-state index in [0.29, 0.717) is 34.7 Å². The SMILES string of the molecule is CCS(=O)(=O)c1ccc(CCNc2ccc(-c3ccccc3OC(F)(F)F)c(-n3ccnc3)c2)cc1. The van der Waals surface area contributed by atoms with Gasteiger partial charge in [0.1, 0.15) is 5.75 Å². The molecule has 1 N–H and O–H groups in total. The van der Waals surface area contributed by atoms with E-state index in [1.165, 1.54) is 12.1 Å². The third-order valence-corrected chi connectivity index (χ3v) is 7.34. The molecule has 188 valence electrons. The maximum Gasteiger partial charge on any atom is 0.573 e. The highest BCUT2D eigenvalue weighted by Gasteiger charge is 2.32. The van der Waals surface area contributed by atoms with Crippen LogP contribution in [0.4, 0.5) is 18.9 Å². The first-order chi connectivity index (χ1) is 17.2. The van der Waals surface area contributed by atoms with Crippen molar-refractivity contribution in [2.75, 3.05) is 17.6 Å². The van der Waals surface area contributed by atoms with E-state index in [0.717, 1.165) is 11.3 Å². The molecule has 0 saturated carbocycles. The predicted molar refractivity (Wildman–Crippen MR) is 132 cm³/mol. The number of hydrogen-bond donors (Lipinski definition) is 1. The molecule has 0 aliphatic rings. The van der Waals surface area contributed by atoms with Gasteiger partial charge < -0.3 is 14.6 Å². The number of alkyl halides is 3. The number of rotatable bonds is 9. The van der Waals surface area contributed by atoms with Crippen molar-refractivity contribution in [3.63, 3.8) is 0 Å². The van der Waals surface area contributed by atoms with E-state index in [1.54, 1.807) is 78.7 Å². The molecule has 0 saturated heterocycles. The minimum Gasteiger partial charge on any atom is -0.405 e. The number of sulfone groups is 1. The summed E-state index contributed by atoms with van der Waals surface area (Å²) in [5, 5.41) is 3.32. The van der Waals surface area contributed by atoms with Crippen molar-refractivity contribution in [3.05, 3.63) is 91.0 Å². The molecule has 6 nitrogen and oxygen atoms in total. The number of imidazole rings is 1. The molecular formula is C26H24F3N3O3S. The van der Waals surface area contributed by atoms with Gasteiger partial charge in [-0.25, -0.2) is 13.4 Å². The number of anilines is 1. The van der Waals surface area contributed by atoms with Crippen molar-refractivity contribution in [1.82, 2.24) is 9.55 Å². The molecule has 0 aliphatic heterocycles. The van der Waals surface area contributed by atoms with Crippen LogP contribution in [-0.2, 0) is 16.3 Å². The average molecular weight is 516 g/mol. The number of para-hydroxylation sites is 1. The van der Waals surface area contributed by atoms with Crippen LogP contribution in [0, 0.1) is 0 Å². The Hall–Kier alpha value is -3.79. The topological polar surface area (TPSA) is 73.2 Å². The fourth-order valence-corrected chi connectivity index (χ4v) is 4.65. The van der Waals surface area contributed by atoms with Crippen LogP contribution in [0.3, 0.4) is 0 Å². The minimum absolute atomic E-state index is 0.0515. The zero-order valence-electron chi connectivity index (χ0n) is 19.4. The summed E-state index contributed by atoms with van der Waals surface area (Å²) in [4.78, 5) is 4.37. The third-order valence-electron chi connectivity index (χ3n) is 5.59. The highest BCUT2D eigenvalue weighted by atomic mass is 32.2. The fourth-order valence-electron chi connectivity index (χ4n) is 3.77. The Morgan fingerprint density at radius 2 is 1.75 bits per heavy atom. The van der Waals surface area contributed by atoms with E-state index in [2.05, 4.69) is 15.0 Å². The molecule has 1 aromatic heterocycles. The highest BCUT2D eigenvalue weighted by Crippen LogP contribution is 2.37. The van der Waals surface area contributed by atoms with Crippen molar-refractivity contribution < 1.29 is 26.3 Å². The van der Waals surface area contributed by atoms with Crippen molar-refractivity contribution in [3.8, 4) is 22.6 Å². The average Bonchev–Trinajstić information content (AvgIpc) is 3.39. The molecule has 0 bridgehead atoms. The van der Waals surface area contributed by atoms with Gasteiger partial charge >= 0.3 is 6.36 Å². The molecule has 0 amide bonds. The van der Waals surface area contributed by atoms with E-state index in [4.69, 9.17) is 0 Å². The molecule has 4 rings (SSSR count). The van der Waals surface area contributed by atoms with Gasteiger partial charge in [0.05, 0.1) is 22.7 Å². The molecule has 3 aromatic carbocycles. The lowest BCUT2D eigenvalue weighted by Crippen LogP contribution is -2.17. The van der Waals surface area contributed by atoms with Gasteiger partial charge in [-0.15, -0.1) is 13.2 Å². The van der Waals surface area contributed by atoms with E-state index in [9.17, 15) is 21.6 Å². The van der Waals surface area contributed by atoms with Gasteiger partial charge in [-0.3, -0.25) is 0 Å². The lowest BCUT2D eigenvalue weighted by molar-refractivity contribution is -0.274. The molecule has 1 heterocycles. The van der Waals surface area contributed by atoms with Crippen molar-refractivity contribution >= 4 is 15.5 Å². The summed E-state index contributed by atoms with van der Waals surface area (Å²) in [7, 11) is -3.24. The smallest absolute Gasteiger partial charge is 0.405 e. The van der Waals surface area contributed by atoms with E-state index in [1.807, 2.05) is 6.07 Å². The largest absolute Gasteiger partial charge is 0.573 e. The number of nitrogens with zero attached hydrogens (tertiary/aromatic N) is 2. The van der Waals surface area contributed by atoms with Crippen LogP contribution in [0.1, 0.15) is 12.5 Å². The fraction of sp³-hybridized carbons (Fsp3) is 0.192. The Morgan fingerprint density at radius 1 is 1.00 bits per heavy atom. The second-order valence-electron chi connectivity index (χ2n) is 7.97. The van der Waals surface area contributed by atoms with Gasteiger partial charge in [-0.2, -0.15) is 0 Å². The lowest BCUT2D eigenvalue weighted by atomic mass is 10.0. The van der Waals surface area contributed by atoms with Gasteiger partial charge in [-0.05, 0) is 42.3 Å². The first kappa shape index (κ1) is 25.3. The van der Waals surface area contributed by atoms with Gasteiger partial charge in [-0.1, -0.05) is 43.3 Å². The van der Waals surface area contributed by atoms with Crippen LogP contribution in [0.5, 0.6) is 5.75 Å². The summed E-state index contributed by atoms with van der Waals surface area (Å²) in [6.07, 6.45) is 0.705. The number of aromatic nitrogens is 2. The monoisotopic (exact) mass is 515 g/mol. The molecule has 0 fully saturated rings. The zero-order valence-corrected chi connectivity index (χ0v) is 20.2. The van der Waals surface area contributed by atoms with Crippen LogP contribution in [0.15, 0.2) is 90.3 Å². The van der Waals surface area contributed by atoms with Crippen molar-refractivity contribution in [2.24, 2.45) is 0 Å². The Labute approximate surface area is 207 Å². The van der Waals surface area contributed by atoms with Crippen molar-refractivity contribution in [2.45, 2.75) is 24.6 Å². The zero-order chi connectivity index (χ0) is 25.8. The molecule has 0 unspecified atom stereocenters. The Kier molecular flexibility index (Phi) is 7.35. The quantitative estimate of drug-likeness (QED) is 0.301. The summed E-state index contributed by atoms with van der Waals surface area (Å²) in [6, 6.07) is 18.2. The molecule has 36 heavy (non-hydrogen) atoms. The van der Waals surface area contributed by atoms with E-state index in [-0.39, 0.29) is 11.5 Å². The number of halogens is 3. The number of nitrogens with one attached hydrogen (secondary N) is 1. The van der Waals surface area contributed by atoms with Crippen LogP contribution >= 0.6 is 0 Å². The second kappa shape index (κ2) is 10.4. The number of benzene rings is 3. The molecule has 4 aromatic rings. The lowest BCUT2D eigenvalue weighted by Gasteiger charge is -2.17. The first-order valence-corrected chi connectivity index (χ1v) is 12.8. The number of ether oxygens (including phenoxy) is 1. The summed E-state index contributed by atoms with van der Waals surface area (Å²) in [6.45, 7) is 2.18. The minimum atomic E-state index is -4.81. The number of hydrogen-bond acceptors (Lipinski definition) is 5. The third kappa shape index (κ3) is 6.06. The molecule has 0 aliphatic carbocycles. The van der Waals surface area contributed by atoms with Crippen LogP contribution in [0.25, 0.3) is 16.8 Å². The Bertz CT molecular complexity index is 1420. The second-order valence-corrected chi connectivity index (χ2v) is 10.2. The summed E-state index contributed by atoms with van der Waals surface area (Å²) in [5.41, 5.74) is 3.22. The van der Waals surface area contributed by atoms with Crippen LogP contribution < -0.4 is 10.1 Å². The summed E-state index contributed by atoms with van der Waals surface area (Å²) >= 11 is 0. The van der Waals surface area contributed by atoms with Crippen LogP contribution in [0.2, 0.25) is 0 Å². The highest BCUT2D eigenvalue weighted by molar-refractivity contribution is 7.91. The van der Waals surface area contributed by atoms with Gasteiger partial charge in [0.25, 0.3) is 0 Å². The van der Waals surface area contributed by atoms with E-state index < -0.39 is 16.2 Å². The summed E-state index contributed by atoms with van der Waals surface area (Å²) in [5.74, 6) is -0.240. The van der Waals surface area contributed by atoms with Crippen molar-refractivity contribution in [1.29, 1.82) is 0 Å². The standard InChI is InChI=1S/C26H24F3N3O3S/c1-2-36(33,34)21-10-7-19(8-11-21)13-14-31-20-9-12-22(24(17-20)32-16-15-30-18-32)23-5-3-4-6-25(23)35-26(27,28)29/h3-12,15-18,31H,2,13-14H2,1H3. The van der Waals surface area contributed by atoms with E-state index >= 15 is 0 Å². The molecule has 10 heteroatoms. The van der Waals surface area contributed by atoms with Gasteiger partial charge in [0, 0.05) is 35.8 Å². The molecule has 0 atom stereocenters.